The molecule has 17 heavy (non-hydrogen) atoms. The maximum absolute atomic E-state index is 11.8. The molecule has 2 saturated carbocycles. The highest BCUT2D eigenvalue weighted by Gasteiger charge is 2.51. The predicted molar refractivity (Wildman–Crippen MR) is 66.7 cm³/mol. The highest BCUT2D eigenvalue weighted by Crippen LogP contribution is 2.52. The summed E-state index contributed by atoms with van der Waals surface area (Å²) in [5.74, 6) is 0. The van der Waals surface area contributed by atoms with Crippen molar-refractivity contribution in [2.24, 2.45) is 11.1 Å². The lowest BCUT2D eigenvalue weighted by molar-refractivity contribution is 0.0328. The zero-order chi connectivity index (χ0) is 12.7. The molecule has 2 fully saturated rings. The van der Waals surface area contributed by atoms with Gasteiger partial charge >= 0.3 is 6.09 Å². The number of nitrogens with one attached hydrogen (secondary N) is 1. The summed E-state index contributed by atoms with van der Waals surface area (Å²) in [7, 11) is 0. The first-order valence-electron chi connectivity index (χ1n) is 6.56. The van der Waals surface area contributed by atoms with Crippen molar-refractivity contribution < 1.29 is 9.53 Å². The van der Waals surface area contributed by atoms with Crippen LogP contribution in [0, 0.1) is 5.41 Å². The molecule has 0 aromatic heterocycles. The van der Waals surface area contributed by atoms with Gasteiger partial charge in [-0.1, -0.05) is 6.42 Å². The van der Waals surface area contributed by atoms with E-state index in [-0.39, 0.29) is 17.6 Å². The van der Waals surface area contributed by atoms with Crippen molar-refractivity contribution in [2.75, 3.05) is 0 Å². The molecule has 0 aromatic carbocycles. The number of carbonyl (C=O) groups is 1. The number of carbonyl (C=O) groups excluding carboxylic acids is 1. The van der Waals surface area contributed by atoms with Gasteiger partial charge in [0.05, 0.1) is 0 Å². The fraction of sp³-hybridized carbons (Fsp3) is 0.923. The topological polar surface area (TPSA) is 64.3 Å². The molecule has 0 heterocycles. The van der Waals surface area contributed by atoms with Crippen molar-refractivity contribution in [1.29, 1.82) is 0 Å². The van der Waals surface area contributed by atoms with Crippen LogP contribution in [-0.2, 0) is 4.74 Å². The first-order valence-corrected chi connectivity index (χ1v) is 6.56. The molecule has 3 N–H and O–H groups in total. The highest BCUT2D eigenvalue weighted by molar-refractivity contribution is 5.68. The average molecular weight is 240 g/mol. The number of ether oxygens (including phenoxy) is 1. The quantitative estimate of drug-likeness (QED) is 0.738. The zero-order valence-electron chi connectivity index (χ0n) is 11.1. The Balaban J connectivity index is 1.88. The first kappa shape index (κ1) is 12.7. The van der Waals surface area contributed by atoms with Gasteiger partial charge in [0.1, 0.15) is 5.60 Å². The van der Waals surface area contributed by atoms with E-state index in [9.17, 15) is 4.79 Å². The maximum atomic E-state index is 11.8. The Hall–Kier alpha value is -0.770. The number of nitrogens with two attached hydrogens (primary N) is 1. The molecule has 1 spiro atoms. The molecule has 1 unspecified atom stereocenters. The molecule has 4 heteroatoms. The normalized spacial score (nSPS) is 36.7. The van der Waals surface area contributed by atoms with Crippen LogP contribution in [0.3, 0.4) is 0 Å². The van der Waals surface area contributed by atoms with Crippen LogP contribution in [0.1, 0.15) is 52.9 Å². The van der Waals surface area contributed by atoms with E-state index in [1.54, 1.807) is 0 Å². The van der Waals surface area contributed by atoms with Crippen molar-refractivity contribution in [3.63, 3.8) is 0 Å². The highest BCUT2D eigenvalue weighted by atomic mass is 16.6. The van der Waals surface area contributed by atoms with Crippen LogP contribution >= 0.6 is 0 Å². The van der Waals surface area contributed by atoms with Gasteiger partial charge in [-0.15, -0.1) is 0 Å². The third kappa shape index (κ3) is 2.73. The largest absolute Gasteiger partial charge is 0.444 e. The SMILES string of the molecule is CC(C)(C)OC(=O)NC1CCCC12CC(N)C2. The van der Waals surface area contributed by atoms with Gasteiger partial charge in [-0.2, -0.15) is 0 Å². The number of hydrogen-bond acceptors (Lipinski definition) is 3. The van der Waals surface area contributed by atoms with E-state index in [1.165, 1.54) is 12.8 Å². The Kier molecular flexibility index (Phi) is 3.10. The smallest absolute Gasteiger partial charge is 0.407 e. The van der Waals surface area contributed by atoms with Crippen molar-refractivity contribution in [3.05, 3.63) is 0 Å². The molecule has 98 valence electrons. The fourth-order valence-corrected chi connectivity index (χ4v) is 3.29. The fourth-order valence-electron chi connectivity index (χ4n) is 3.29. The average Bonchev–Trinajstić information content (AvgIpc) is 2.44. The van der Waals surface area contributed by atoms with E-state index < -0.39 is 5.60 Å². The van der Waals surface area contributed by atoms with Crippen LogP contribution in [0.25, 0.3) is 0 Å². The van der Waals surface area contributed by atoms with Crippen molar-refractivity contribution in [2.45, 2.75) is 70.6 Å². The molecule has 0 aliphatic heterocycles. The molecule has 1 amide bonds. The molecular weight excluding hydrogens is 216 g/mol. The van der Waals surface area contributed by atoms with Crippen LogP contribution < -0.4 is 11.1 Å². The van der Waals surface area contributed by atoms with Crippen molar-refractivity contribution in [3.8, 4) is 0 Å². The van der Waals surface area contributed by atoms with Crippen LogP contribution in [0.15, 0.2) is 0 Å². The number of alkyl carbamates (subject to hydrolysis) is 1. The number of rotatable bonds is 1. The van der Waals surface area contributed by atoms with E-state index in [1.807, 2.05) is 20.8 Å². The molecule has 1 atom stereocenters. The van der Waals surface area contributed by atoms with E-state index >= 15 is 0 Å². The van der Waals surface area contributed by atoms with Gasteiger partial charge in [0.25, 0.3) is 0 Å². The summed E-state index contributed by atoms with van der Waals surface area (Å²) in [6, 6.07) is 0.591. The van der Waals surface area contributed by atoms with Crippen molar-refractivity contribution in [1.82, 2.24) is 5.32 Å². The molecule has 0 bridgehead atoms. The third-order valence-corrected chi connectivity index (χ3v) is 3.94. The van der Waals surface area contributed by atoms with Crippen LogP contribution in [0.2, 0.25) is 0 Å². The summed E-state index contributed by atoms with van der Waals surface area (Å²) < 4.78 is 5.31. The molecular formula is C13H24N2O2. The lowest BCUT2D eigenvalue weighted by atomic mass is 9.62. The Bertz CT molecular complexity index is 303. The van der Waals surface area contributed by atoms with Crippen LogP contribution in [-0.4, -0.2) is 23.8 Å². The Morgan fingerprint density at radius 3 is 2.59 bits per heavy atom. The Morgan fingerprint density at radius 2 is 2.06 bits per heavy atom. The van der Waals surface area contributed by atoms with Gasteiger partial charge in [0, 0.05) is 12.1 Å². The summed E-state index contributed by atoms with van der Waals surface area (Å²) in [5.41, 5.74) is 5.73. The second kappa shape index (κ2) is 4.16. The summed E-state index contributed by atoms with van der Waals surface area (Å²) in [5, 5.41) is 3.03. The van der Waals surface area contributed by atoms with Crippen LogP contribution in [0.5, 0.6) is 0 Å². The molecule has 0 aromatic rings. The minimum absolute atomic E-state index is 0.261. The predicted octanol–water partition coefficient (Wildman–Crippen LogP) is 2.17. The molecule has 4 nitrogen and oxygen atoms in total. The van der Waals surface area contributed by atoms with Gasteiger partial charge in [-0.05, 0) is 51.9 Å². The zero-order valence-corrected chi connectivity index (χ0v) is 11.1. The molecule has 2 rings (SSSR count). The summed E-state index contributed by atoms with van der Waals surface area (Å²) >= 11 is 0. The number of amides is 1. The molecule has 2 aliphatic rings. The second-order valence-electron chi connectivity index (χ2n) is 6.62. The molecule has 0 saturated heterocycles. The minimum Gasteiger partial charge on any atom is -0.444 e. The summed E-state index contributed by atoms with van der Waals surface area (Å²) in [6.45, 7) is 5.66. The van der Waals surface area contributed by atoms with E-state index in [0.717, 1.165) is 19.3 Å². The Labute approximate surface area is 103 Å². The summed E-state index contributed by atoms with van der Waals surface area (Å²) in [4.78, 5) is 11.8. The minimum atomic E-state index is -0.425. The Morgan fingerprint density at radius 1 is 1.41 bits per heavy atom. The maximum Gasteiger partial charge on any atom is 0.407 e. The van der Waals surface area contributed by atoms with Crippen LogP contribution in [0.4, 0.5) is 4.79 Å². The van der Waals surface area contributed by atoms with E-state index in [2.05, 4.69) is 5.32 Å². The van der Waals surface area contributed by atoms with Gasteiger partial charge in [0.15, 0.2) is 0 Å². The summed E-state index contributed by atoms with van der Waals surface area (Å²) in [6.07, 6.45) is 5.26. The monoisotopic (exact) mass is 240 g/mol. The lowest BCUT2D eigenvalue weighted by Gasteiger charge is -2.47. The third-order valence-electron chi connectivity index (χ3n) is 3.94. The molecule has 0 radical (unpaired) electrons. The van der Waals surface area contributed by atoms with Crippen molar-refractivity contribution >= 4 is 6.09 Å². The molecule has 2 aliphatic carbocycles. The second-order valence-corrected chi connectivity index (χ2v) is 6.62. The van der Waals surface area contributed by atoms with E-state index in [4.69, 9.17) is 10.5 Å². The lowest BCUT2D eigenvalue weighted by Crippen LogP contribution is -2.56. The van der Waals surface area contributed by atoms with Gasteiger partial charge in [0.2, 0.25) is 0 Å². The first-order chi connectivity index (χ1) is 7.81. The van der Waals surface area contributed by atoms with Gasteiger partial charge in [-0.25, -0.2) is 4.79 Å². The number of hydrogen-bond donors (Lipinski definition) is 2. The standard InChI is InChI=1S/C13H24N2O2/c1-12(2,3)17-11(16)15-10-5-4-6-13(10)7-9(14)8-13/h9-10H,4-8,14H2,1-3H3,(H,15,16). The van der Waals surface area contributed by atoms with E-state index in [0.29, 0.717) is 6.04 Å². The van der Waals surface area contributed by atoms with Gasteiger partial charge in [-0.3, -0.25) is 0 Å². The van der Waals surface area contributed by atoms with Gasteiger partial charge < -0.3 is 15.8 Å².